The van der Waals surface area contributed by atoms with Crippen molar-refractivity contribution < 1.29 is 9.53 Å². The molecule has 0 atom stereocenters. The Hall–Kier alpha value is -1.58. The molecule has 0 spiro atoms. The van der Waals surface area contributed by atoms with Crippen LogP contribution < -0.4 is 10.1 Å². The number of rotatable bonds is 5. The van der Waals surface area contributed by atoms with Gasteiger partial charge in [-0.05, 0) is 18.4 Å². The number of ether oxygens (including phenoxy) is 1. The van der Waals surface area contributed by atoms with E-state index in [9.17, 15) is 4.79 Å². The Balaban J connectivity index is 2.55. The number of nitrogens with zero attached hydrogens (tertiary/aromatic N) is 1. The second-order valence-corrected chi connectivity index (χ2v) is 5.41. The lowest BCUT2D eigenvalue weighted by atomic mass is 9.92. The minimum atomic E-state index is 0.00176. The van der Waals surface area contributed by atoms with Gasteiger partial charge in [0.2, 0.25) is 11.8 Å². The van der Waals surface area contributed by atoms with E-state index in [2.05, 4.69) is 10.3 Å². The van der Waals surface area contributed by atoms with Gasteiger partial charge in [-0.1, -0.05) is 26.8 Å². The Morgan fingerprint density at radius 1 is 1.44 bits per heavy atom. The maximum atomic E-state index is 11.7. The molecular weight excluding hydrogens is 228 g/mol. The molecule has 0 radical (unpaired) electrons. The van der Waals surface area contributed by atoms with E-state index in [0.29, 0.717) is 25.5 Å². The van der Waals surface area contributed by atoms with Gasteiger partial charge in [-0.2, -0.15) is 0 Å². The first-order valence-electron chi connectivity index (χ1n) is 6.26. The lowest BCUT2D eigenvalue weighted by Gasteiger charge is -2.17. The molecule has 0 saturated carbocycles. The van der Waals surface area contributed by atoms with Crippen LogP contribution in [0, 0.1) is 5.41 Å². The van der Waals surface area contributed by atoms with Crippen LogP contribution in [0.25, 0.3) is 0 Å². The average Bonchev–Trinajstić information content (AvgIpc) is 2.26. The summed E-state index contributed by atoms with van der Waals surface area (Å²) in [5.41, 5.74) is 0.906. The Morgan fingerprint density at radius 2 is 2.17 bits per heavy atom. The van der Waals surface area contributed by atoms with Crippen molar-refractivity contribution in [2.45, 2.75) is 40.7 Å². The molecule has 100 valence electrons. The molecule has 1 heterocycles. The molecule has 4 nitrogen and oxygen atoms in total. The van der Waals surface area contributed by atoms with E-state index >= 15 is 0 Å². The predicted octanol–water partition coefficient (Wildman–Crippen LogP) is 2.53. The largest absolute Gasteiger partial charge is 0.478 e. The average molecular weight is 250 g/mol. The minimum absolute atomic E-state index is 0.00176. The zero-order valence-corrected chi connectivity index (χ0v) is 11.6. The number of hydrogen-bond acceptors (Lipinski definition) is 3. The fourth-order valence-corrected chi connectivity index (χ4v) is 1.56. The normalized spacial score (nSPS) is 11.1. The molecule has 0 aliphatic rings. The van der Waals surface area contributed by atoms with E-state index in [1.165, 1.54) is 0 Å². The monoisotopic (exact) mass is 250 g/mol. The summed E-state index contributed by atoms with van der Waals surface area (Å²) in [7, 11) is 0. The summed E-state index contributed by atoms with van der Waals surface area (Å²) in [5.74, 6) is 0.643. The topological polar surface area (TPSA) is 51.2 Å². The second kappa shape index (κ2) is 6.38. The van der Waals surface area contributed by atoms with E-state index in [1.807, 2.05) is 39.8 Å². The van der Waals surface area contributed by atoms with Crippen LogP contribution in [0.3, 0.4) is 0 Å². The lowest BCUT2D eigenvalue weighted by molar-refractivity contribution is -0.122. The molecule has 1 N–H and O–H groups in total. The third-order valence-corrected chi connectivity index (χ3v) is 2.30. The number of carbonyl (C=O) groups is 1. The number of carbonyl (C=O) groups excluding carboxylic acids is 1. The number of hydrogen-bond donors (Lipinski definition) is 1. The van der Waals surface area contributed by atoms with Crippen molar-refractivity contribution in [1.82, 2.24) is 10.3 Å². The Morgan fingerprint density at radius 3 is 2.78 bits per heavy atom. The van der Waals surface area contributed by atoms with Crippen molar-refractivity contribution in [3.63, 3.8) is 0 Å². The first-order chi connectivity index (χ1) is 8.42. The maximum Gasteiger partial charge on any atom is 0.220 e. The van der Waals surface area contributed by atoms with Crippen LogP contribution in [-0.4, -0.2) is 17.5 Å². The first-order valence-corrected chi connectivity index (χ1v) is 6.26. The molecule has 0 saturated heterocycles. The van der Waals surface area contributed by atoms with Crippen LogP contribution >= 0.6 is 0 Å². The highest BCUT2D eigenvalue weighted by atomic mass is 16.5. The summed E-state index contributed by atoms with van der Waals surface area (Å²) in [6.45, 7) is 9.07. The second-order valence-electron chi connectivity index (χ2n) is 5.41. The summed E-state index contributed by atoms with van der Waals surface area (Å²) in [6.07, 6.45) is 2.20. The molecular formula is C14H22N2O2. The summed E-state index contributed by atoms with van der Waals surface area (Å²) in [6, 6.07) is 3.75. The maximum absolute atomic E-state index is 11.7. The summed E-state index contributed by atoms with van der Waals surface area (Å²) in [4.78, 5) is 15.9. The Bertz CT molecular complexity index is 397. The molecule has 1 amide bonds. The quantitative estimate of drug-likeness (QED) is 0.873. The van der Waals surface area contributed by atoms with E-state index in [0.717, 1.165) is 5.56 Å². The Kier molecular flexibility index (Phi) is 5.13. The van der Waals surface area contributed by atoms with Gasteiger partial charge in [0.1, 0.15) is 0 Å². The van der Waals surface area contributed by atoms with Crippen LogP contribution in [0.1, 0.15) is 39.7 Å². The number of aromatic nitrogens is 1. The molecule has 0 fully saturated rings. The third-order valence-electron chi connectivity index (χ3n) is 2.30. The van der Waals surface area contributed by atoms with E-state index in [-0.39, 0.29) is 11.3 Å². The molecule has 4 heteroatoms. The molecule has 1 aromatic rings. The highest BCUT2D eigenvalue weighted by Crippen LogP contribution is 2.18. The van der Waals surface area contributed by atoms with Crippen molar-refractivity contribution in [3.8, 4) is 5.88 Å². The van der Waals surface area contributed by atoms with Gasteiger partial charge in [0.05, 0.1) is 6.61 Å². The van der Waals surface area contributed by atoms with Crippen LogP contribution in [0.2, 0.25) is 0 Å². The van der Waals surface area contributed by atoms with Crippen LogP contribution in [-0.2, 0) is 11.3 Å². The van der Waals surface area contributed by atoms with Gasteiger partial charge in [-0.3, -0.25) is 4.79 Å². The number of pyridine rings is 1. The van der Waals surface area contributed by atoms with Crippen molar-refractivity contribution in [1.29, 1.82) is 0 Å². The van der Waals surface area contributed by atoms with Crippen LogP contribution in [0.4, 0.5) is 0 Å². The molecule has 0 aliphatic carbocycles. The molecule has 18 heavy (non-hydrogen) atoms. The van der Waals surface area contributed by atoms with Crippen molar-refractivity contribution in [2.75, 3.05) is 6.61 Å². The van der Waals surface area contributed by atoms with Gasteiger partial charge in [0, 0.05) is 24.7 Å². The van der Waals surface area contributed by atoms with Crippen LogP contribution in [0.15, 0.2) is 18.3 Å². The van der Waals surface area contributed by atoms with Gasteiger partial charge < -0.3 is 10.1 Å². The van der Waals surface area contributed by atoms with E-state index < -0.39 is 0 Å². The van der Waals surface area contributed by atoms with Crippen molar-refractivity contribution in [2.24, 2.45) is 5.41 Å². The van der Waals surface area contributed by atoms with Gasteiger partial charge in [-0.15, -0.1) is 0 Å². The Labute approximate surface area is 109 Å². The fraction of sp³-hybridized carbons (Fsp3) is 0.571. The highest BCUT2D eigenvalue weighted by molar-refractivity contribution is 5.76. The zero-order chi connectivity index (χ0) is 13.6. The summed E-state index contributed by atoms with van der Waals surface area (Å²) in [5, 5.41) is 2.90. The van der Waals surface area contributed by atoms with Crippen molar-refractivity contribution >= 4 is 5.91 Å². The number of nitrogens with one attached hydrogen (secondary N) is 1. The molecule has 1 rings (SSSR count). The van der Waals surface area contributed by atoms with Crippen LogP contribution in [0.5, 0.6) is 5.88 Å². The molecule has 1 aromatic heterocycles. The van der Waals surface area contributed by atoms with E-state index in [1.54, 1.807) is 6.20 Å². The lowest BCUT2D eigenvalue weighted by Crippen LogP contribution is -2.27. The third kappa shape index (κ3) is 5.17. The standard InChI is InChI=1S/C14H22N2O2/c1-5-18-13-11(7-6-8-15-13)10-16-12(17)9-14(2,3)4/h6-8H,5,9-10H2,1-4H3,(H,16,17). The van der Waals surface area contributed by atoms with Gasteiger partial charge >= 0.3 is 0 Å². The fourth-order valence-electron chi connectivity index (χ4n) is 1.56. The summed E-state index contributed by atoms with van der Waals surface area (Å²) >= 11 is 0. The molecule has 0 aromatic carbocycles. The minimum Gasteiger partial charge on any atom is -0.478 e. The number of amides is 1. The van der Waals surface area contributed by atoms with E-state index in [4.69, 9.17) is 4.74 Å². The molecule has 0 bridgehead atoms. The van der Waals surface area contributed by atoms with Gasteiger partial charge in [0.15, 0.2) is 0 Å². The zero-order valence-electron chi connectivity index (χ0n) is 11.6. The first kappa shape index (κ1) is 14.5. The molecule has 0 unspecified atom stereocenters. The predicted molar refractivity (Wildman–Crippen MR) is 71.3 cm³/mol. The summed E-state index contributed by atoms with van der Waals surface area (Å²) < 4.78 is 5.41. The highest BCUT2D eigenvalue weighted by Gasteiger charge is 2.16. The van der Waals surface area contributed by atoms with Crippen molar-refractivity contribution in [3.05, 3.63) is 23.9 Å². The van der Waals surface area contributed by atoms with Gasteiger partial charge in [0.25, 0.3) is 0 Å². The SMILES string of the molecule is CCOc1ncccc1CNC(=O)CC(C)(C)C. The smallest absolute Gasteiger partial charge is 0.220 e. The molecule has 0 aliphatic heterocycles. The van der Waals surface area contributed by atoms with Gasteiger partial charge in [-0.25, -0.2) is 4.98 Å².